The van der Waals surface area contributed by atoms with Crippen LogP contribution in [-0.2, 0) is 14.8 Å². The molecule has 7 heteroatoms. The van der Waals surface area contributed by atoms with E-state index in [4.69, 9.17) is 0 Å². The second kappa shape index (κ2) is 6.15. The molecule has 5 nitrogen and oxygen atoms in total. The molecule has 1 rings (SSSR count). The lowest BCUT2D eigenvalue weighted by Gasteiger charge is -2.33. The van der Waals surface area contributed by atoms with Gasteiger partial charge in [0.1, 0.15) is 0 Å². The number of piperidine rings is 1. The van der Waals surface area contributed by atoms with E-state index in [1.54, 1.807) is 4.90 Å². The zero-order chi connectivity index (χ0) is 13.1. The molecule has 2 unspecified atom stereocenters. The van der Waals surface area contributed by atoms with Gasteiger partial charge in [-0.25, -0.2) is 13.1 Å². The Hall–Kier alpha value is -0.140. The van der Waals surface area contributed by atoms with E-state index in [1.165, 1.54) is 0 Å². The molecule has 1 aliphatic heterocycles. The number of halogens is 1. The third kappa shape index (κ3) is 4.93. The number of amides is 1. The van der Waals surface area contributed by atoms with Crippen LogP contribution < -0.4 is 4.72 Å². The Kier molecular flexibility index (Phi) is 5.40. The van der Waals surface area contributed by atoms with Gasteiger partial charge in [0.2, 0.25) is 15.9 Å². The average molecular weight is 327 g/mol. The maximum absolute atomic E-state index is 11.9. The third-order valence-electron chi connectivity index (χ3n) is 2.74. The first-order chi connectivity index (χ1) is 7.83. The van der Waals surface area contributed by atoms with Gasteiger partial charge in [0.15, 0.2) is 0 Å². The maximum atomic E-state index is 11.9. The van der Waals surface area contributed by atoms with Gasteiger partial charge in [-0.3, -0.25) is 4.79 Å². The molecule has 1 N–H and O–H groups in total. The summed E-state index contributed by atoms with van der Waals surface area (Å²) in [5.41, 5.74) is 0. The number of hydrogen-bond acceptors (Lipinski definition) is 3. The van der Waals surface area contributed by atoms with Crippen molar-refractivity contribution >= 4 is 31.9 Å². The standard InChI is InChI=1S/C10H19BrN2O3S/c1-3-9(11)10(14)13-6-4-5-8(7-13)12-17(2,15)16/h8-9,12H,3-7H2,1-2H3. The molecular weight excluding hydrogens is 308 g/mol. The smallest absolute Gasteiger partial charge is 0.236 e. The van der Waals surface area contributed by atoms with Crippen LogP contribution in [-0.4, -0.2) is 49.4 Å². The van der Waals surface area contributed by atoms with Gasteiger partial charge in [-0.15, -0.1) is 0 Å². The number of carbonyl (C=O) groups excluding carboxylic acids is 1. The van der Waals surface area contributed by atoms with Crippen LogP contribution >= 0.6 is 15.9 Å². The van der Waals surface area contributed by atoms with Crippen LogP contribution in [0.5, 0.6) is 0 Å². The van der Waals surface area contributed by atoms with Crippen molar-refractivity contribution in [2.45, 2.75) is 37.1 Å². The minimum absolute atomic E-state index is 0.0486. The van der Waals surface area contributed by atoms with Crippen molar-refractivity contribution in [3.8, 4) is 0 Å². The molecule has 0 aromatic heterocycles. The van der Waals surface area contributed by atoms with Crippen LogP contribution in [0, 0.1) is 0 Å². The lowest BCUT2D eigenvalue weighted by molar-refractivity contribution is -0.131. The minimum Gasteiger partial charge on any atom is -0.340 e. The highest BCUT2D eigenvalue weighted by Gasteiger charge is 2.27. The number of nitrogens with zero attached hydrogens (tertiary/aromatic N) is 1. The zero-order valence-corrected chi connectivity index (χ0v) is 12.6. The summed E-state index contributed by atoms with van der Waals surface area (Å²) in [5.74, 6) is 0.0486. The highest BCUT2D eigenvalue weighted by Crippen LogP contribution is 2.16. The number of rotatable bonds is 4. The van der Waals surface area contributed by atoms with E-state index in [1.807, 2.05) is 6.92 Å². The summed E-state index contributed by atoms with van der Waals surface area (Å²) in [5, 5.41) is 0. The average Bonchev–Trinajstić information content (AvgIpc) is 2.25. The fourth-order valence-corrected chi connectivity index (χ4v) is 3.04. The van der Waals surface area contributed by atoms with Gasteiger partial charge in [-0.05, 0) is 19.3 Å². The van der Waals surface area contributed by atoms with Gasteiger partial charge >= 0.3 is 0 Å². The normalized spacial score (nSPS) is 23.5. The van der Waals surface area contributed by atoms with Crippen LogP contribution in [0.4, 0.5) is 0 Å². The molecule has 1 saturated heterocycles. The van der Waals surface area contributed by atoms with Crippen molar-refractivity contribution in [3.63, 3.8) is 0 Å². The van der Waals surface area contributed by atoms with E-state index in [2.05, 4.69) is 20.7 Å². The molecular formula is C10H19BrN2O3S. The second-order valence-electron chi connectivity index (χ2n) is 4.39. The van der Waals surface area contributed by atoms with Crippen LogP contribution in [0.15, 0.2) is 0 Å². The topological polar surface area (TPSA) is 66.5 Å². The van der Waals surface area contributed by atoms with Gasteiger partial charge < -0.3 is 4.90 Å². The first-order valence-corrected chi connectivity index (χ1v) is 8.54. The molecule has 1 fully saturated rings. The quantitative estimate of drug-likeness (QED) is 0.773. The second-order valence-corrected chi connectivity index (χ2v) is 7.27. The summed E-state index contributed by atoms with van der Waals surface area (Å²) >= 11 is 3.33. The van der Waals surface area contributed by atoms with Crippen molar-refractivity contribution in [2.24, 2.45) is 0 Å². The van der Waals surface area contributed by atoms with E-state index in [0.717, 1.165) is 25.5 Å². The lowest BCUT2D eigenvalue weighted by Crippen LogP contribution is -2.50. The number of sulfonamides is 1. The van der Waals surface area contributed by atoms with Crippen molar-refractivity contribution in [3.05, 3.63) is 0 Å². The van der Waals surface area contributed by atoms with Gasteiger partial charge in [0.25, 0.3) is 0 Å². The molecule has 0 spiro atoms. The first-order valence-electron chi connectivity index (χ1n) is 5.73. The van der Waals surface area contributed by atoms with E-state index >= 15 is 0 Å². The summed E-state index contributed by atoms with van der Waals surface area (Å²) < 4.78 is 24.8. The van der Waals surface area contributed by atoms with Crippen LogP contribution in [0.1, 0.15) is 26.2 Å². The molecule has 0 bridgehead atoms. The Morgan fingerprint density at radius 1 is 1.59 bits per heavy atom. The van der Waals surface area contributed by atoms with Crippen molar-refractivity contribution in [1.82, 2.24) is 9.62 Å². The van der Waals surface area contributed by atoms with Crippen molar-refractivity contribution < 1.29 is 13.2 Å². The summed E-state index contributed by atoms with van der Waals surface area (Å²) in [6.45, 7) is 3.12. The lowest BCUT2D eigenvalue weighted by atomic mass is 10.1. The number of carbonyl (C=O) groups is 1. The predicted molar refractivity (Wildman–Crippen MR) is 70.6 cm³/mol. The monoisotopic (exact) mass is 326 g/mol. The molecule has 0 aromatic rings. The number of likely N-dealkylation sites (tertiary alicyclic amines) is 1. The van der Waals surface area contributed by atoms with E-state index in [-0.39, 0.29) is 16.8 Å². The first kappa shape index (κ1) is 14.9. The summed E-state index contributed by atoms with van der Waals surface area (Å²) in [6, 6.07) is -0.153. The van der Waals surface area contributed by atoms with Gasteiger partial charge in [0, 0.05) is 19.1 Å². The van der Waals surface area contributed by atoms with Crippen LogP contribution in [0.25, 0.3) is 0 Å². The minimum atomic E-state index is -3.20. The largest absolute Gasteiger partial charge is 0.340 e. The Bertz CT molecular complexity index is 372. The van der Waals surface area contributed by atoms with Gasteiger partial charge in [-0.2, -0.15) is 0 Å². The Morgan fingerprint density at radius 2 is 2.24 bits per heavy atom. The molecule has 0 saturated carbocycles. The van der Waals surface area contributed by atoms with Crippen molar-refractivity contribution in [2.75, 3.05) is 19.3 Å². The third-order valence-corrected chi connectivity index (χ3v) is 4.54. The molecule has 0 aliphatic carbocycles. The Labute approximate surface area is 111 Å². The maximum Gasteiger partial charge on any atom is 0.236 e. The fourth-order valence-electron chi connectivity index (χ4n) is 1.95. The summed E-state index contributed by atoms with van der Waals surface area (Å²) in [7, 11) is -3.20. The van der Waals surface area contributed by atoms with Crippen LogP contribution in [0.3, 0.4) is 0 Å². The molecule has 2 atom stereocenters. The van der Waals surface area contributed by atoms with E-state index in [9.17, 15) is 13.2 Å². The number of nitrogens with one attached hydrogen (secondary N) is 1. The molecule has 1 amide bonds. The molecule has 0 radical (unpaired) electrons. The van der Waals surface area contributed by atoms with Gasteiger partial charge in [-0.1, -0.05) is 22.9 Å². The number of alkyl halides is 1. The fraction of sp³-hybridized carbons (Fsp3) is 0.900. The predicted octanol–water partition coefficient (Wildman–Crippen LogP) is 0.700. The molecule has 100 valence electrons. The number of hydrogen-bond donors (Lipinski definition) is 1. The SMILES string of the molecule is CCC(Br)C(=O)N1CCCC(NS(C)(=O)=O)C1. The molecule has 1 aliphatic rings. The van der Waals surface area contributed by atoms with E-state index < -0.39 is 10.0 Å². The summed E-state index contributed by atoms with van der Waals surface area (Å²) in [4.78, 5) is 13.5. The Balaban J connectivity index is 2.57. The van der Waals surface area contributed by atoms with Crippen molar-refractivity contribution in [1.29, 1.82) is 0 Å². The zero-order valence-electron chi connectivity index (χ0n) is 10.1. The molecule has 0 aromatic carbocycles. The van der Waals surface area contributed by atoms with E-state index in [0.29, 0.717) is 13.1 Å². The highest BCUT2D eigenvalue weighted by atomic mass is 79.9. The highest BCUT2D eigenvalue weighted by molar-refractivity contribution is 9.10. The molecule has 1 heterocycles. The van der Waals surface area contributed by atoms with Gasteiger partial charge in [0.05, 0.1) is 11.1 Å². The Morgan fingerprint density at radius 3 is 2.76 bits per heavy atom. The van der Waals surface area contributed by atoms with Crippen LogP contribution in [0.2, 0.25) is 0 Å². The molecule has 17 heavy (non-hydrogen) atoms. The summed E-state index contributed by atoms with van der Waals surface area (Å²) in [6.07, 6.45) is 3.50.